The smallest absolute Gasteiger partial charge is 0.251 e. The van der Waals surface area contributed by atoms with Crippen LogP contribution in [0.4, 0.5) is 0 Å². The molecule has 1 aliphatic carbocycles. The summed E-state index contributed by atoms with van der Waals surface area (Å²) >= 11 is 0. The van der Waals surface area contributed by atoms with E-state index in [0.29, 0.717) is 23.2 Å². The molecule has 1 aliphatic rings. The van der Waals surface area contributed by atoms with Crippen LogP contribution in [0, 0.1) is 26.2 Å². The molecular formula is C15H22N2O3S. The highest BCUT2D eigenvalue weighted by Gasteiger charge is 2.37. The van der Waals surface area contributed by atoms with Gasteiger partial charge in [-0.15, -0.1) is 0 Å². The van der Waals surface area contributed by atoms with Crippen molar-refractivity contribution >= 4 is 15.9 Å². The maximum atomic E-state index is 12.4. The van der Waals surface area contributed by atoms with Gasteiger partial charge in [0.15, 0.2) is 0 Å². The third-order valence-electron chi connectivity index (χ3n) is 4.19. The number of nitrogens with two attached hydrogens (primary N) is 1. The van der Waals surface area contributed by atoms with Gasteiger partial charge in [-0.2, -0.15) is 0 Å². The Balaban J connectivity index is 2.41. The highest BCUT2D eigenvalue weighted by Crippen LogP contribution is 2.44. The number of rotatable bonds is 4. The first kappa shape index (κ1) is 16.0. The molecule has 0 radical (unpaired) electrons. The molecule has 21 heavy (non-hydrogen) atoms. The van der Waals surface area contributed by atoms with Gasteiger partial charge in [0.1, 0.15) is 0 Å². The Morgan fingerprint density at radius 3 is 2.33 bits per heavy atom. The van der Waals surface area contributed by atoms with Crippen molar-refractivity contribution in [3.05, 3.63) is 28.3 Å². The summed E-state index contributed by atoms with van der Waals surface area (Å²) in [6.45, 7) is 7.86. The zero-order valence-corrected chi connectivity index (χ0v) is 13.7. The number of aryl methyl sites for hydroxylation is 2. The van der Waals surface area contributed by atoms with Gasteiger partial charge in [0.25, 0.3) is 5.91 Å². The predicted molar refractivity (Wildman–Crippen MR) is 81.7 cm³/mol. The second kappa shape index (κ2) is 5.10. The van der Waals surface area contributed by atoms with E-state index in [0.717, 1.165) is 18.4 Å². The van der Waals surface area contributed by atoms with E-state index in [9.17, 15) is 13.2 Å². The number of amides is 1. The average Bonchev–Trinajstić information content (AvgIpc) is 3.02. The van der Waals surface area contributed by atoms with Crippen molar-refractivity contribution in [1.82, 2.24) is 5.32 Å². The van der Waals surface area contributed by atoms with E-state index in [2.05, 4.69) is 12.2 Å². The highest BCUT2D eigenvalue weighted by atomic mass is 32.2. The zero-order valence-electron chi connectivity index (χ0n) is 12.9. The summed E-state index contributed by atoms with van der Waals surface area (Å²) in [4.78, 5) is 12.5. The van der Waals surface area contributed by atoms with Gasteiger partial charge in [-0.3, -0.25) is 4.79 Å². The number of hydrogen-bond acceptors (Lipinski definition) is 3. The third-order valence-corrected chi connectivity index (χ3v) is 5.39. The van der Waals surface area contributed by atoms with E-state index in [4.69, 9.17) is 5.14 Å². The first-order valence-corrected chi connectivity index (χ1v) is 8.52. The summed E-state index contributed by atoms with van der Waals surface area (Å²) in [5.41, 5.74) is 2.36. The van der Waals surface area contributed by atoms with Gasteiger partial charge in [-0.05, 0) is 55.7 Å². The van der Waals surface area contributed by atoms with Crippen molar-refractivity contribution in [3.63, 3.8) is 0 Å². The number of nitrogens with one attached hydrogen (secondary N) is 1. The molecule has 0 aromatic heterocycles. The lowest BCUT2D eigenvalue weighted by Crippen LogP contribution is -2.31. The van der Waals surface area contributed by atoms with E-state index in [-0.39, 0.29) is 16.2 Å². The molecular weight excluding hydrogens is 288 g/mol. The van der Waals surface area contributed by atoms with Crippen LogP contribution in [0.25, 0.3) is 0 Å². The largest absolute Gasteiger partial charge is 0.351 e. The maximum absolute atomic E-state index is 12.4. The molecule has 1 aromatic carbocycles. The standard InChI is InChI=1S/C15H22N2O3S/c1-9-7-10(2)13(21(16,19)20)11(3)12(9)14(18)17-8-15(4)5-6-15/h7H,5-6,8H2,1-4H3,(H,17,18)(H2,16,19,20). The van der Waals surface area contributed by atoms with Crippen molar-refractivity contribution in [2.24, 2.45) is 10.6 Å². The van der Waals surface area contributed by atoms with Crippen LogP contribution in [-0.4, -0.2) is 20.9 Å². The van der Waals surface area contributed by atoms with Gasteiger partial charge >= 0.3 is 0 Å². The van der Waals surface area contributed by atoms with E-state index in [1.807, 2.05) is 0 Å². The summed E-state index contributed by atoms with van der Waals surface area (Å²) in [5, 5.41) is 8.18. The van der Waals surface area contributed by atoms with Crippen LogP contribution in [0.2, 0.25) is 0 Å². The van der Waals surface area contributed by atoms with Gasteiger partial charge in [0, 0.05) is 12.1 Å². The Morgan fingerprint density at radius 2 is 1.86 bits per heavy atom. The molecule has 116 valence electrons. The van der Waals surface area contributed by atoms with Crippen LogP contribution in [0.3, 0.4) is 0 Å². The van der Waals surface area contributed by atoms with Crippen LogP contribution in [-0.2, 0) is 10.0 Å². The molecule has 1 saturated carbocycles. The summed E-state index contributed by atoms with van der Waals surface area (Å²) < 4.78 is 23.5. The van der Waals surface area contributed by atoms with Gasteiger partial charge < -0.3 is 5.32 Å². The molecule has 0 heterocycles. The molecule has 2 rings (SSSR count). The van der Waals surface area contributed by atoms with E-state index in [1.54, 1.807) is 26.8 Å². The van der Waals surface area contributed by atoms with Crippen molar-refractivity contribution in [1.29, 1.82) is 0 Å². The Bertz CT molecular complexity index is 704. The Kier molecular flexibility index (Phi) is 3.88. The molecule has 1 amide bonds. The molecule has 0 bridgehead atoms. The molecule has 0 unspecified atom stereocenters. The molecule has 0 spiro atoms. The fraction of sp³-hybridized carbons (Fsp3) is 0.533. The Hall–Kier alpha value is -1.40. The van der Waals surface area contributed by atoms with Crippen molar-refractivity contribution in [2.75, 3.05) is 6.54 Å². The molecule has 1 aromatic rings. The number of benzene rings is 1. The number of sulfonamides is 1. The third kappa shape index (κ3) is 3.27. The fourth-order valence-corrected chi connectivity index (χ4v) is 3.76. The second-order valence-corrected chi connectivity index (χ2v) is 7.88. The minimum Gasteiger partial charge on any atom is -0.351 e. The van der Waals surface area contributed by atoms with Crippen LogP contribution in [0.15, 0.2) is 11.0 Å². The lowest BCUT2D eigenvalue weighted by Gasteiger charge is -2.17. The molecule has 1 fully saturated rings. The predicted octanol–water partition coefficient (Wildman–Crippen LogP) is 1.79. The summed E-state index contributed by atoms with van der Waals surface area (Å²) in [6, 6.07) is 1.69. The first-order chi connectivity index (χ1) is 9.55. The summed E-state index contributed by atoms with van der Waals surface area (Å²) in [5.74, 6) is -0.233. The van der Waals surface area contributed by atoms with Crippen molar-refractivity contribution < 1.29 is 13.2 Å². The minimum atomic E-state index is -3.85. The number of carbonyl (C=O) groups is 1. The molecule has 6 heteroatoms. The van der Waals surface area contributed by atoms with E-state index >= 15 is 0 Å². The minimum absolute atomic E-state index is 0.0517. The molecule has 0 atom stereocenters. The van der Waals surface area contributed by atoms with Crippen LogP contribution in [0.5, 0.6) is 0 Å². The van der Waals surface area contributed by atoms with Gasteiger partial charge in [0.05, 0.1) is 4.90 Å². The van der Waals surface area contributed by atoms with Gasteiger partial charge in [-0.25, -0.2) is 13.6 Å². The average molecular weight is 310 g/mol. The van der Waals surface area contributed by atoms with Gasteiger partial charge in [0.2, 0.25) is 10.0 Å². The molecule has 0 aliphatic heterocycles. The Morgan fingerprint density at radius 1 is 1.29 bits per heavy atom. The van der Waals surface area contributed by atoms with Crippen molar-refractivity contribution in [3.8, 4) is 0 Å². The first-order valence-electron chi connectivity index (χ1n) is 6.97. The maximum Gasteiger partial charge on any atom is 0.251 e. The summed E-state index contributed by atoms with van der Waals surface area (Å²) in [7, 11) is -3.85. The number of carbonyl (C=O) groups excluding carboxylic acids is 1. The molecule has 0 saturated heterocycles. The Labute approximate surface area is 126 Å². The van der Waals surface area contributed by atoms with Crippen LogP contribution in [0.1, 0.15) is 46.8 Å². The fourth-order valence-electron chi connectivity index (χ4n) is 2.73. The van der Waals surface area contributed by atoms with Crippen LogP contribution >= 0.6 is 0 Å². The topological polar surface area (TPSA) is 89.3 Å². The highest BCUT2D eigenvalue weighted by molar-refractivity contribution is 7.89. The van der Waals surface area contributed by atoms with E-state index in [1.165, 1.54) is 0 Å². The van der Waals surface area contributed by atoms with Crippen molar-refractivity contribution in [2.45, 2.75) is 45.4 Å². The SMILES string of the molecule is Cc1cc(C)c(S(N)(=O)=O)c(C)c1C(=O)NCC1(C)CC1. The zero-order chi connectivity index (χ0) is 16.0. The van der Waals surface area contributed by atoms with Gasteiger partial charge in [-0.1, -0.05) is 13.0 Å². The number of primary sulfonamides is 1. The number of hydrogen-bond donors (Lipinski definition) is 2. The van der Waals surface area contributed by atoms with E-state index < -0.39 is 10.0 Å². The van der Waals surface area contributed by atoms with Crippen LogP contribution < -0.4 is 10.5 Å². The lowest BCUT2D eigenvalue weighted by molar-refractivity contribution is 0.0944. The second-order valence-electron chi connectivity index (χ2n) is 6.38. The normalized spacial score (nSPS) is 16.6. The molecule has 3 N–H and O–H groups in total. The lowest BCUT2D eigenvalue weighted by atomic mass is 9.98. The monoisotopic (exact) mass is 310 g/mol. The molecule has 5 nitrogen and oxygen atoms in total. The quantitative estimate of drug-likeness (QED) is 0.888. The summed E-state index contributed by atoms with van der Waals surface area (Å²) in [6.07, 6.45) is 2.23.